The maximum absolute atomic E-state index is 10.7. The number of aliphatic hydroxyl groups is 1. The summed E-state index contributed by atoms with van der Waals surface area (Å²) in [5.41, 5.74) is 0.259. The Labute approximate surface area is 59.1 Å². The average molecular weight is 149 g/mol. The Morgan fingerprint density at radius 1 is 1.78 bits per heavy atom. The fourth-order valence-electron chi connectivity index (χ4n) is 0.389. The van der Waals surface area contributed by atoms with E-state index < -0.39 is 10.8 Å². The number of carbonyl (C=O) groups excluding carboxylic acids is 1. The highest BCUT2D eigenvalue weighted by molar-refractivity contribution is 6.35. The van der Waals surface area contributed by atoms with Crippen molar-refractivity contribution in [2.75, 3.05) is 0 Å². The summed E-state index contributed by atoms with van der Waals surface area (Å²) in [7, 11) is 0. The van der Waals surface area contributed by atoms with E-state index in [2.05, 4.69) is 6.58 Å². The third-order valence-electron chi connectivity index (χ3n) is 0.802. The summed E-state index contributed by atoms with van der Waals surface area (Å²) < 4.78 is 0. The van der Waals surface area contributed by atoms with Crippen molar-refractivity contribution in [3.63, 3.8) is 0 Å². The fraction of sp³-hybridized carbons (Fsp3) is 0.500. The first-order valence-electron chi connectivity index (χ1n) is 2.47. The van der Waals surface area contributed by atoms with Gasteiger partial charge in [-0.25, -0.2) is 0 Å². The normalized spacial score (nSPS) is 16.4. The van der Waals surface area contributed by atoms with Crippen LogP contribution in [-0.4, -0.2) is 16.0 Å². The Kier molecular flexibility index (Phi) is 2.40. The molecular weight excluding hydrogens is 140 g/mol. The van der Waals surface area contributed by atoms with Gasteiger partial charge in [-0.1, -0.05) is 18.2 Å². The zero-order valence-electron chi connectivity index (χ0n) is 5.44. The van der Waals surface area contributed by atoms with Crippen molar-refractivity contribution >= 4 is 17.4 Å². The smallest absolute Gasteiger partial charge is 0.204 e. The van der Waals surface area contributed by atoms with Gasteiger partial charge < -0.3 is 5.11 Å². The minimum atomic E-state index is -1.79. The van der Waals surface area contributed by atoms with Crippen LogP contribution < -0.4 is 0 Å². The van der Waals surface area contributed by atoms with Crippen LogP contribution in [0.4, 0.5) is 0 Å². The number of carbonyl (C=O) groups is 1. The number of Topliss-reactive ketones (excluding diaryl/α,β-unsaturated/α-hetero) is 1. The van der Waals surface area contributed by atoms with Crippen LogP contribution in [0.1, 0.15) is 13.8 Å². The molecule has 0 aromatic carbocycles. The minimum absolute atomic E-state index is 0.259. The van der Waals surface area contributed by atoms with Crippen LogP contribution in [0.15, 0.2) is 12.2 Å². The molecule has 1 unspecified atom stereocenters. The second-order valence-electron chi connectivity index (χ2n) is 2.06. The van der Waals surface area contributed by atoms with Gasteiger partial charge in [-0.05, 0) is 19.4 Å². The molecule has 9 heavy (non-hydrogen) atoms. The van der Waals surface area contributed by atoms with Gasteiger partial charge in [0, 0.05) is 0 Å². The summed E-state index contributed by atoms with van der Waals surface area (Å²) in [5, 5.41) is 7.03. The first-order valence-corrected chi connectivity index (χ1v) is 2.85. The van der Waals surface area contributed by atoms with E-state index in [1.165, 1.54) is 13.8 Å². The zero-order chi connectivity index (χ0) is 7.65. The van der Waals surface area contributed by atoms with Gasteiger partial charge in [-0.3, -0.25) is 4.79 Å². The molecule has 0 spiro atoms. The van der Waals surface area contributed by atoms with Gasteiger partial charge >= 0.3 is 0 Å². The lowest BCUT2D eigenvalue weighted by Crippen LogP contribution is -2.28. The predicted molar refractivity (Wildman–Crippen MR) is 36.3 cm³/mol. The third kappa shape index (κ3) is 2.63. The van der Waals surface area contributed by atoms with Gasteiger partial charge in [0.25, 0.3) is 0 Å². The standard InChI is InChI=1S/C6H9ClO2/c1-4(2)5(8)6(3,7)9/h9H,1H2,2-3H3. The second-order valence-corrected chi connectivity index (χ2v) is 2.80. The van der Waals surface area contributed by atoms with Crippen LogP contribution in [-0.2, 0) is 4.79 Å². The first kappa shape index (κ1) is 8.66. The monoisotopic (exact) mass is 148 g/mol. The molecule has 1 atom stereocenters. The SMILES string of the molecule is C=C(C)C(=O)C(C)(O)Cl. The second kappa shape index (κ2) is 2.50. The number of rotatable bonds is 2. The van der Waals surface area contributed by atoms with E-state index in [4.69, 9.17) is 16.7 Å². The summed E-state index contributed by atoms with van der Waals surface area (Å²) in [6.45, 7) is 6.04. The van der Waals surface area contributed by atoms with Gasteiger partial charge in [0.1, 0.15) is 0 Å². The van der Waals surface area contributed by atoms with Gasteiger partial charge in [-0.15, -0.1) is 0 Å². The summed E-state index contributed by atoms with van der Waals surface area (Å²) in [6, 6.07) is 0. The van der Waals surface area contributed by atoms with Crippen LogP contribution in [0.25, 0.3) is 0 Å². The number of alkyl halides is 1. The zero-order valence-corrected chi connectivity index (χ0v) is 6.20. The lowest BCUT2D eigenvalue weighted by molar-refractivity contribution is -0.125. The van der Waals surface area contributed by atoms with E-state index in [1.807, 2.05) is 0 Å². The molecule has 3 heteroatoms. The van der Waals surface area contributed by atoms with E-state index in [0.29, 0.717) is 0 Å². The Bertz CT molecular complexity index is 144. The molecule has 52 valence electrons. The number of hydrogen-bond donors (Lipinski definition) is 1. The van der Waals surface area contributed by atoms with E-state index in [9.17, 15) is 4.79 Å². The van der Waals surface area contributed by atoms with Gasteiger partial charge in [0.15, 0.2) is 5.06 Å². The molecule has 0 aliphatic rings. The van der Waals surface area contributed by atoms with Crippen molar-refractivity contribution in [1.82, 2.24) is 0 Å². The summed E-state index contributed by atoms with van der Waals surface area (Å²) in [5.74, 6) is -0.538. The van der Waals surface area contributed by atoms with E-state index in [1.54, 1.807) is 0 Å². The molecule has 0 aromatic heterocycles. The Morgan fingerprint density at radius 2 is 2.11 bits per heavy atom. The van der Waals surface area contributed by atoms with Crippen molar-refractivity contribution in [1.29, 1.82) is 0 Å². The topological polar surface area (TPSA) is 37.3 Å². The number of hydrogen-bond acceptors (Lipinski definition) is 2. The van der Waals surface area contributed by atoms with Crippen LogP contribution >= 0.6 is 11.6 Å². The fourth-order valence-corrected chi connectivity index (χ4v) is 0.551. The number of ketones is 1. The molecule has 0 radical (unpaired) electrons. The molecule has 0 aromatic rings. The maximum Gasteiger partial charge on any atom is 0.204 e. The van der Waals surface area contributed by atoms with Crippen molar-refractivity contribution in [3.8, 4) is 0 Å². The van der Waals surface area contributed by atoms with E-state index in [-0.39, 0.29) is 5.57 Å². The average Bonchev–Trinajstić information content (AvgIpc) is 1.62. The van der Waals surface area contributed by atoms with E-state index in [0.717, 1.165) is 0 Å². The molecule has 0 fully saturated rings. The summed E-state index contributed by atoms with van der Waals surface area (Å²) in [6.07, 6.45) is 0. The lowest BCUT2D eigenvalue weighted by atomic mass is 10.1. The molecule has 0 aliphatic carbocycles. The van der Waals surface area contributed by atoms with Gasteiger partial charge in [-0.2, -0.15) is 0 Å². The lowest BCUT2D eigenvalue weighted by Gasteiger charge is -2.11. The van der Waals surface area contributed by atoms with Crippen LogP contribution in [0.3, 0.4) is 0 Å². The molecule has 2 nitrogen and oxygen atoms in total. The Hall–Kier alpha value is -0.340. The van der Waals surface area contributed by atoms with Crippen molar-refractivity contribution < 1.29 is 9.90 Å². The molecule has 0 bridgehead atoms. The molecule has 0 amide bonds. The highest BCUT2D eigenvalue weighted by Crippen LogP contribution is 2.14. The molecule has 0 heterocycles. The van der Waals surface area contributed by atoms with Gasteiger partial charge in [0.2, 0.25) is 5.78 Å². The molecule has 0 rings (SSSR count). The maximum atomic E-state index is 10.7. The number of halogens is 1. The Morgan fingerprint density at radius 3 is 2.11 bits per heavy atom. The quantitative estimate of drug-likeness (QED) is 0.470. The molecule has 0 aliphatic heterocycles. The van der Waals surface area contributed by atoms with Crippen molar-refractivity contribution in [2.45, 2.75) is 18.9 Å². The third-order valence-corrected chi connectivity index (χ3v) is 0.974. The van der Waals surface area contributed by atoms with Crippen LogP contribution in [0.2, 0.25) is 0 Å². The molecular formula is C6H9ClO2. The first-order chi connectivity index (χ1) is 3.85. The molecule has 0 saturated carbocycles. The predicted octanol–water partition coefficient (Wildman–Crippen LogP) is 1.08. The Balaban J connectivity index is 4.23. The van der Waals surface area contributed by atoms with Crippen molar-refractivity contribution in [3.05, 3.63) is 12.2 Å². The largest absolute Gasteiger partial charge is 0.369 e. The molecule has 0 saturated heterocycles. The molecule has 1 N–H and O–H groups in total. The summed E-state index contributed by atoms with van der Waals surface area (Å²) in [4.78, 5) is 10.7. The highest BCUT2D eigenvalue weighted by Gasteiger charge is 2.26. The van der Waals surface area contributed by atoms with Gasteiger partial charge in [0.05, 0.1) is 0 Å². The summed E-state index contributed by atoms with van der Waals surface area (Å²) >= 11 is 5.22. The van der Waals surface area contributed by atoms with Crippen LogP contribution in [0.5, 0.6) is 0 Å². The van der Waals surface area contributed by atoms with E-state index >= 15 is 0 Å². The van der Waals surface area contributed by atoms with Crippen molar-refractivity contribution in [2.24, 2.45) is 0 Å². The minimum Gasteiger partial charge on any atom is -0.369 e. The van der Waals surface area contributed by atoms with Crippen LogP contribution in [0, 0.1) is 0 Å². The highest BCUT2D eigenvalue weighted by atomic mass is 35.5.